The van der Waals surface area contributed by atoms with Crippen LogP contribution in [0.25, 0.3) is 22.4 Å². The van der Waals surface area contributed by atoms with E-state index in [2.05, 4.69) is 10.1 Å². The minimum Gasteiger partial charge on any atom is -0.439 e. The summed E-state index contributed by atoms with van der Waals surface area (Å²) in [5, 5.41) is 5.58. The number of benzene rings is 1. The fourth-order valence-electron chi connectivity index (χ4n) is 2.15. The second-order valence-corrected chi connectivity index (χ2v) is 4.78. The zero-order valence-electron chi connectivity index (χ0n) is 10.6. The highest BCUT2D eigenvalue weighted by Crippen LogP contribution is 2.28. The monoisotopic (exact) mass is 275 g/mol. The van der Waals surface area contributed by atoms with Gasteiger partial charge in [0.25, 0.3) is 0 Å². The number of aryl methyl sites for hydroxylation is 2. The minimum atomic E-state index is 0.615. The number of hydrogen-bond acceptors (Lipinski definition) is 3. The molecule has 0 saturated heterocycles. The van der Waals surface area contributed by atoms with E-state index in [-0.39, 0.29) is 0 Å². The molecular formula is C14H14ClN3O. The maximum Gasteiger partial charge on any atom is 0.195 e. The largest absolute Gasteiger partial charge is 0.439 e. The lowest BCUT2D eigenvalue weighted by molar-refractivity contribution is 0.501. The number of nitrogens with zero attached hydrogens (tertiary/aromatic N) is 3. The summed E-state index contributed by atoms with van der Waals surface area (Å²) in [5.74, 6) is 2.04. The smallest absolute Gasteiger partial charge is 0.195 e. The van der Waals surface area contributed by atoms with Crippen molar-refractivity contribution in [3.63, 3.8) is 0 Å². The molecule has 3 aromatic rings. The first-order chi connectivity index (χ1) is 9.29. The highest BCUT2D eigenvalue weighted by atomic mass is 35.5. The van der Waals surface area contributed by atoms with Gasteiger partial charge in [-0.05, 0) is 12.5 Å². The normalized spacial score (nSPS) is 11.3. The summed E-state index contributed by atoms with van der Waals surface area (Å²) < 4.78 is 7.60. The standard InChI is InChI=1S/C14H14ClN3O/c1-18-11-6-3-2-5-10(11)14(17-18)12-9-16-13(19-12)7-4-8-15/h2-3,5-6,9H,4,7-8H2,1H3. The second kappa shape index (κ2) is 5.05. The molecule has 0 N–H and O–H groups in total. The lowest BCUT2D eigenvalue weighted by Gasteiger charge is -1.92. The maximum absolute atomic E-state index is 5.75. The van der Waals surface area contributed by atoms with Crippen LogP contribution in [0.3, 0.4) is 0 Å². The van der Waals surface area contributed by atoms with Gasteiger partial charge in [-0.25, -0.2) is 4.98 Å². The Balaban J connectivity index is 2.02. The van der Waals surface area contributed by atoms with E-state index >= 15 is 0 Å². The molecule has 98 valence electrons. The third kappa shape index (κ3) is 2.24. The SMILES string of the molecule is Cn1nc(-c2cnc(CCCCl)o2)c2ccccc21. The molecule has 2 heterocycles. The van der Waals surface area contributed by atoms with Crippen LogP contribution in [-0.4, -0.2) is 20.6 Å². The summed E-state index contributed by atoms with van der Waals surface area (Å²) >= 11 is 5.67. The van der Waals surface area contributed by atoms with E-state index in [0.29, 0.717) is 17.5 Å². The lowest BCUT2D eigenvalue weighted by atomic mass is 10.2. The second-order valence-electron chi connectivity index (χ2n) is 4.40. The Morgan fingerprint density at radius 1 is 1.32 bits per heavy atom. The summed E-state index contributed by atoms with van der Waals surface area (Å²) in [6, 6.07) is 8.08. The van der Waals surface area contributed by atoms with Crippen molar-refractivity contribution in [2.75, 3.05) is 5.88 Å². The number of aromatic nitrogens is 3. The zero-order chi connectivity index (χ0) is 13.2. The third-order valence-corrected chi connectivity index (χ3v) is 3.34. The molecule has 3 rings (SSSR count). The average molecular weight is 276 g/mol. The van der Waals surface area contributed by atoms with Gasteiger partial charge in [0.1, 0.15) is 5.69 Å². The van der Waals surface area contributed by atoms with Gasteiger partial charge in [-0.1, -0.05) is 18.2 Å². The van der Waals surface area contributed by atoms with Gasteiger partial charge in [-0.2, -0.15) is 5.10 Å². The van der Waals surface area contributed by atoms with E-state index in [4.69, 9.17) is 16.0 Å². The van der Waals surface area contributed by atoms with Crippen LogP contribution in [0.5, 0.6) is 0 Å². The quantitative estimate of drug-likeness (QED) is 0.686. The fraction of sp³-hybridized carbons (Fsp3) is 0.286. The minimum absolute atomic E-state index is 0.615. The Morgan fingerprint density at radius 3 is 3.00 bits per heavy atom. The van der Waals surface area contributed by atoms with E-state index in [1.807, 2.05) is 36.0 Å². The molecule has 0 bridgehead atoms. The molecule has 0 aliphatic rings. The molecule has 0 unspecified atom stereocenters. The highest BCUT2D eigenvalue weighted by Gasteiger charge is 2.14. The van der Waals surface area contributed by atoms with Gasteiger partial charge in [0.15, 0.2) is 11.7 Å². The van der Waals surface area contributed by atoms with E-state index in [1.165, 1.54) is 0 Å². The van der Waals surface area contributed by atoms with Gasteiger partial charge in [0.05, 0.1) is 11.7 Å². The summed E-state index contributed by atoms with van der Waals surface area (Å²) in [7, 11) is 1.93. The molecular weight excluding hydrogens is 262 g/mol. The Hall–Kier alpha value is -1.81. The topological polar surface area (TPSA) is 43.9 Å². The molecule has 5 heteroatoms. The predicted molar refractivity (Wildman–Crippen MR) is 75.3 cm³/mol. The Morgan fingerprint density at radius 2 is 2.16 bits per heavy atom. The van der Waals surface area contributed by atoms with E-state index in [0.717, 1.165) is 29.4 Å². The number of hydrogen-bond donors (Lipinski definition) is 0. The number of rotatable bonds is 4. The van der Waals surface area contributed by atoms with Crippen LogP contribution >= 0.6 is 11.6 Å². The fourth-order valence-corrected chi connectivity index (χ4v) is 2.28. The summed E-state index contributed by atoms with van der Waals surface area (Å²) in [6.07, 6.45) is 3.36. The Kier molecular flexibility index (Phi) is 3.25. The first kappa shape index (κ1) is 12.2. The first-order valence-electron chi connectivity index (χ1n) is 6.22. The van der Waals surface area contributed by atoms with E-state index in [9.17, 15) is 0 Å². The van der Waals surface area contributed by atoms with Crippen molar-refractivity contribution < 1.29 is 4.42 Å². The molecule has 0 aliphatic carbocycles. The van der Waals surface area contributed by atoms with Crippen molar-refractivity contribution in [3.05, 3.63) is 36.4 Å². The van der Waals surface area contributed by atoms with Crippen LogP contribution < -0.4 is 0 Å². The molecule has 0 amide bonds. The number of halogens is 1. The molecule has 19 heavy (non-hydrogen) atoms. The van der Waals surface area contributed by atoms with Crippen LogP contribution in [-0.2, 0) is 13.5 Å². The van der Waals surface area contributed by atoms with E-state index in [1.54, 1.807) is 6.20 Å². The molecule has 4 nitrogen and oxygen atoms in total. The van der Waals surface area contributed by atoms with Crippen molar-refractivity contribution in [1.29, 1.82) is 0 Å². The van der Waals surface area contributed by atoms with Gasteiger partial charge < -0.3 is 4.42 Å². The molecule has 2 aromatic heterocycles. The Bertz CT molecular complexity index is 702. The molecule has 0 aliphatic heterocycles. The van der Waals surface area contributed by atoms with Gasteiger partial charge in [-0.15, -0.1) is 11.6 Å². The van der Waals surface area contributed by atoms with Gasteiger partial charge in [0, 0.05) is 24.7 Å². The summed E-state index contributed by atoms with van der Waals surface area (Å²) in [5.41, 5.74) is 1.92. The van der Waals surface area contributed by atoms with Crippen LogP contribution in [0.4, 0.5) is 0 Å². The number of alkyl halides is 1. The summed E-state index contributed by atoms with van der Waals surface area (Å²) in [6.45, 7) is 0. The molecule has 0 spiro atoms. The molecule has 0 radical (unpaired) electrons. The highest BCUT2D eigenvalue weighted by molar-refractivity contribution is 6.17. The van der Waals surface area contributed by atoms with Crippen LogP contribution in [0.15, 0.2) is 34.9 Å². The summed E-state index contributed by atoms with van der Waals surface area (Å²) in [4.78, 5) is 4.27. The van der Waals surface area contributed by atoms with Crippen LogP contribution in [0.1, 0.15) is 12.3 Å². The first-order valence-corrected chi connectivity index (χ1v) is 6.76. The lowest BCUT2D eigenvalue weighted by Crippen LogP contribution is -1.89. The van der Waals surface area contributed by atoms with Gasteiger partial charge in [-0.3, -0.25) is 4.68 Å². The Labute approximate surface area is 116 Å². The molecule has 0 fully saturated rings. The third-order valence-electron chi connectivity index (χ3n) is 3.07. The number of oxazole rings is 1. The van der Waals surface area contributed by atoms with Crippen molar-refractivity contribution >= 4 is 22.5 Å². The van der Waals surface area contributed by atoms with E-state index < -0.39 is 0 Å². The van der Waals surface area contributed by atoms with Crippen LogP contribution in [0.2, 0.25) is 0 Å². The molecule has 0 saturated carbocycles. The van der Waals surface area contributed by atoms with Crippen molar-refractivity contribution in [1.82, 2.24) is 14.8 Å². The molecule has 0 atom stereocenters. The van der Waals surface area contributed by atoms with Gasteiger partial charge in [0.2, 0.25) is 0 Å². The molecule has 1 aromatic carbocycles. The van der Waals surface area contributed by atoms with Crippen molar-refractivity contribution in [2.45, 2.75) is 12.8 Å². The number of fused-ring (bicyclic) bond motifs is 1. The maximum atomic E-state index is 5.75. The van der Waals surface area contributed by atoms with Crippen molar-refractivity contribution in [2.24, 2.45) is 7.05 Å². The predicted octanol–water partition coefficient (Wildman–Crippen LogP) is 3.40. The number of para-hydroxylation sites is 1. The van der Waals surface area contributed by atoms with Crippen molar-refractivity contribution in [3.8, 4) is 11.5 Å². The average Bonchev–Trinajstić information content (AvgIpc) is 3.02. The zero-order valence-corrected chi connectivity index (χ0v) is 11.4. The van der Waals surface area contributed by atoms with Gasteiger partial charge >= 0.3 is 0 Å². The van der Waals surface area contributed by atoms with Crippen LogP contribution in [0, 0.1) is 0 Å².